The normalized spacial score (nSPS) is 11.2. The number of rotatable bonds is 7. The summed E-state index contributed by atoms with van der Waals surface area (Å²) in [6, 6.07) is 7.26. The van der Waals surface area contributed by atoms with Gasteiger partial charge >= 0.3 is 0 Å². The highest BCUT2D eigenvalue weighted by atomic mass is 16.3. The molecule has 0 radical (unpaired) electrons. The second kappa shape index (κ2) is 7.22. The second-order valence-corrected chi connectivity index (χ2v) is 5.66. The maximum Gasteiger partial charge on any atom is 0.151 e. The second-order valence-electron chi connectivity index (χ2n) is 5.66. The first-order valence-corrected chi connectivity index (χ1v) is 7.40. The van der Waals surface area contributed by atoms with E-state index >= 15 is 0 Å². The van der Waals surface area contributed by atoms with Gasteiger partial charge in [0.05, 0.1) is 13.2 Å². The first-order valence-electron chi connectivity index (χ1n) is 7.40. The van der Waals surface area contributed by atoms with Crippen LogP contribution < -0.4 is 0 Å². The van der Waals surface area contributed by atoms with Gasteiger partial charge in [0.15, 0.2) is 5.82 Å². The lowest BCUT2D eigenvalue weighted by atomic mass is 10.1. The summed E-state index contributed by atoms with van der Waals surface area (Å²) < 4.78 is 1.79. The molecule has 0 aliphatic rings. The van der Waals surface area contributed by atoms with Crippen molar-refractivity contribution < 1.29 is 10.2 Å². The van der Waals surface area contributed by atoms with Gasteiger partial charge in [-0.1, -0.05) is 26.0 Å². The zero-order valence-electron chi connectivity index (χ0n) is 12.7. The predicted octanol–water partition coefficient (Wildman–Crippen LogP) is 1.96. The molecule has 21 heavy (non-hydrogen) atoms. The number of aliphatic hydroxyl groups excluding tert-OH is 1. The maximum atomic E-state index is 9.49. The van der Waals surface area contributed by atoms with Gasteiger partial charge in [0, 0.05) is 12.8 Å². The fraction of sp³-hybridized carbons (Fsp3) is 0.500. The van der Waals surface area contributed by atoms with Crippen LogP contribution >= 0.6 is 0 Å². The molecular weight excluding hydrogens is 266 g/mol. The summed E-state index contributed by atoms with van der Waals surface area (Å²) in [6.07, 6.45) is 2.38. The molecule has 0 unspecified atom stereocenters. The zero-order valence-corrected chi connectivity index (χ0v) is 12.7. The number of hydrogen-bond acceptors (Lipinski definition) is 4. The van der Waals surface area contributed by atoms with Crippen LogP contribution in [0.2, 0.25) is 0 Å². The van der Waals surface area contributed by atoms with Gasteiger partial charge in [-0.2, -0.15) is 5.10 Å². The van der Waals surface area contributed by atoms with E-state index < -0.39 is 0 Å². The lowest BCUT2D eigenvalue weighted by molar-refractivity contribution is 0.266. The number of aromatic hydroxyl groups is 1. The molecule has 1 aromatic heterocycles. The monoisotopic (exact) mass is 289 g/mol. The van der Waals surface area contributed by atoms with Crippen LogP contribution in [0.3, 0.4) is 0 Å². The van der Waals surface area contributed by atoms with Gasteiger partial charge < -0.3 is 10.2 Å². The number of phenols is 1. The Hall–Kier alpha value is -1.88. The Kier molecular flexibility index (Phi) is 5.33. The number of benzene rings is 1. The van der Waals surface area contributed by atoms with Crippen molar-refractivity contribution in [2.75, 3.05) is 6.61 Å². The highest BCUT2D eigenvalue weighted by Gasteiger charge is 2.11. The molecule has 5 heteroatoms. The average molecular weight is 289 g/mol. The maximum absolute atomic E-state index is 9.49. The van der Waals surface area contributed by atoms with E-state index in [0.717, 1.165) is 36.5 Å². The largest absolute Gasteiger partial charge is 0.508 e. The molecule has 0 saturated heterocycles. The van der Waals surface area contributed by atoms with Crippen LogP contribution in [0.5, 0.6) is 5.75 Å². The third-order valence-electron chi connectivity index (χ3n) is 3.24. The van der Waals surface area contributed by atoms with E-state index in [1.165, 1.54) is 0 Å². The molecule has 0 bridgehead atoms. The topological polar surface area (TPSA) is 71.2 Å². The minimum Gasteiger partial charge on any atom is -0.508 e. The van der Waals surface area contributed by atoms with E-state index in [4.69, 9.17) is 5.11 Å². The van der Waals surface area contributed by atoms with Crippen LogP contribution in [-0.4, -0.2) is 31.6 Å². The first-order chi connectivity index (χ1) is 10.1. The smallest absolute Gasteiger partial charge is 0.151 e. The standard InChI is InChI=1S/C16H23N3O2/c1-12(2)10-15-17-16(19(18-15)8-9-20)7-6-13-4-3-5-14(21)11-13/h3-5,11-12,20-21H,6-10H2,1-2H3. The SMILES string of the molecule is CC(C)Cc1nc(CCc2cccc(O)c2)n(CCO)n1. The summed E-state index contributed by atoms with van der Waals surface area (Å²) >= 11 is 0. The van der Waals surface area contributed by atoms with Gasteiger partial charge in [0.1, 0.15) is 11.6 Å². The fourth-order valence-electron chi connectivity index (χ4n) is 2.30. The molecule has 114 valence electrons. The molecule has 2 aromatic rings. The van der Waals surface area contributed by atoms with Crippen molar-refractivity contribution in [3.05, 3.63) is 41.5 Å². The van der Waals surface area contributed by atoms with E-state index in [0.29, 0.717) is 12.5 Å². The third-order valence-corrected chi connectivity index (χ3v) is 3.24. The highest BCUT2D eigenvalue weighted by Crippen LogP contribution is 2.14. The van der Waals surface area contributed by atoms with Crippen molar-refractivity contribution in [1.82, 2.24) is 14.8 Å². The Morgan fingerprint density at radius 1 is 1.24 bits per heavy atom. The molecule has 0 aliphatic heterocycles. The van der Waals surface area contributed by atoms with Gasteiger partial charge in [-0.15, -0.1) is 0 Å². The summed E-state index contributed by atoms with van der Waals surface area (Å²) in [5.41, 5.74) is 1.07. The molecular formula is C16H23N3O2. The van der Waals surface area contributed by atoms with Crippen LogP contribution in [0.15, 0.2) is 24.3 Å². The van der Waals surface area contributed by atoms with E-state index in [9.17, 15) is 5.11 Å². The molecule has 0 aliphatic carbocycles. The fourth-order valence-corrected chi connectivity index (χ4v) is 2.30. The minimum atomic E-state index is 0.0591. The van der Waals surface area contributed by atoms with Crippen LogP contribution in [0.25, 0.3) is 0 Å². The molecule has 1 heterocycles. The van der Waals surface area contributed by atoms with E-state index in [2.05, 4.69) is 23.9 Å². The molecule has 0 amide bonds. The Balaban J connectivity index is 2.08. The van der Waals surface area contributed by atoms with Crippen LogP contribution in [-0.2, 0) is 25.8 Å². The summed E-state index contributed by atoms with van der Waals surface area (Å²) in [7, 11) is 0. The number of aliphatic hydroxyl groups is 1. The predicted molar refractivity (Wildman–Crippen MR) is 81.2 cm³/mol. The van der Waals surface area contributed by atoms with E-state index in [1.54, 1.807) is 16.8 Å². The molecule has 2 rings (SSSR count). The average Bonchev–Trinajstić information content (AvgIpc) is 2.78. The van der Waals surface area contributed by atoms with Crippen LogP contribution in [0.1, 0.15) is 31.1 Å². The number of hydrogen-bond donors (Lipinski definition) is 2. The van der Waals surface area contributed by atoms with Crippen molar-refractivity contribution in [1.29, 1.82) is 0 Å². The minimum absolute atomic E-state index is 0.0591. The Morgan fingerprint density at radius 2 is 2.05 bits per heavy atom. The highest BCUT2D eigenvalue weighted by molar-refractivity contribution is 5.27. The van der Waals surface area contributed by atoms with Gasteiger partial charge in [0.25, 0.3) is 0 Å². The summed E-state index contributed by atoms with van der Waals surface area (Å²) in [5, 5.41) is 23.1. The first kappa shape index (κ1) is 15.5. The molecule has 0 spiro atoms. The number of aryl methyl sites for hydroxylation is 2. The quantitative estimate of drug-likeness (QED) is 0.817. The molecule has 0 fully saturated rings. The lowest BCUT2D eigenvalue weighted by Crippen LogP contribution is -2.09. The van der Waals surface area contributed by atoms with Gasteiger partial charge in [-0.3, -0.25) is 0 Å². The van der Waals surface area contributed by atoms with E-state index in [1.807, 2.05) is 12.1 Å². The molecule has 0 saturated carbocycles. The summed E-state index contributed by atoms with van der Waals surface area (Å²) in [5.74, 6) is 2.52. The summed E-state index contributed by atoms with van der Waals surface area (Å²) in [4.78, 5) is 4.58. The third kappa shape index (κ3) is 4.56. The number of phenolic OH excluding ortho intramolecular Hbond substituents is 1. The zero-order chi connectivity index (χ0) is 15.2. The Bertz CT molecular complexity index is 579. The molecule has 5 nitrogen and oxygen atoms in total. The molecule has 1 aromatic carbocycles. The lowest BCUT2D eigenvalue weighted by Gasteiger charge is -2.04. The molecule has 0 atom stereocenters. The summed E-state index contributed by atoms with van der Waals surface area (Å²) in [6.45, 7) is 4.81. The Morgan fingerprint density at radius 3 is 2.71 bits per heavy atom. The van der Waals surface area contributed by atoms with Crippen molar-refractivity contribution >= 4 is 0 Å². The van der Waals surface area contributed by atoms with Crippen molar-refractivity contribution in [3.63, 3.8) is 0 Å². The molecule has 2 N–H and O–H groups in total. The van der Waals surface area contributed by atoms with Crippen LogP contribution in [0.4, 0.5) is 0 Å². The van der Waals surface area contributed by atoms with Gasteiger partial charge in [-0.05, 0) is 30.0 Å². The van der Waals surface area contributed by atoms with E-state index in [-0.39, 0.29) is 12.4 Å². The van der Waals surface area contributed by atoms with Crippen LogP contribution in [0, 0.1) is 5.92 Å². The van der Waals surface area contributed by atoms with Crippen molar-refractivity contribution in [2.24, 2.45) is 5.92 Å². The van der Waals surface area contributed by atoms with Crippen molar-refractivity contribution in [3.8, 4) is 5.75 Å². The Labute approximate surface area is 125 Å². The van der Waals surface area contributed by atoms with Gasteiger partial charge in [0.2, 0.25) is 0 Å². The van der Waals surface area contributed by atoms with Gasteiger partial charge in [-0.25, -0.2) is 9.67 Å². The number of nitrogens with zero attached hydrogens (tertiary/aromatic N) is 3. The van der Waals surface area contributed by atoms with Crippen molar-refractivity contribution in [2.45, 2.75) is 39.7 Å². The number of aromatic nitrogens is 3.